The molecule has 0 rings (SSSR count). The second-order valence-electron chi connectivity index (χ2n) is 4.35. The van der Waals surface area contributed by atoms with Gasteiger partial charge in [-0.15, -0.1) is 0 Å². The van der Waals surface area contributed by atoms with E-state index in [1.807, 2.05) is 0 Å². The van der Waals surface area contributed by atoms with Crippen LogP contribution in [0.2, 0.25) is 0 Å². The SMILES string of the molecule is C=C(C)C(=O)N(CCC(C)O)CCC(C)O. The van der Waals surface area contributed by atoms with E-state index in [1.54, 1.807) is 25.7 Å². The van der Waals surface area contributed by atoms with Gasteiger partial charge in [0.05, 0.1) is 12.2 Å². The fourth-order valence-electron chi connectivity index (χ4n) is 1.27. The Morgan fingerprint density at radius 3 is 1.81 bits per heavy atom. The number of hydrogen-bond acceptors (Lipinski definition) is 3. The molecule has 0 spiro atoms. The first-order valence-electron chi connectivity index (χ1n) is 5.65. The number of rotatable bonds is 7. The van der Waals surface area contributed by atoms with Gasteiger partial charge < -0.3 is 15.1 Å². The van der Waals surface area contributed by atoms with Crippen molar-refractivity contribution in [1.82, 2.24) is 4.90 Å². The van der Waals surface area contributed by atoms with Crippen molar-refractivity contribution in [2.45, 2.75) is 45.8 Å². The maximum atomic E-state index is 11.7. The van der Waals surface area contributed by atoms with E-state index in [4.69, 9.17) is 0 Å². The van der Waals surface area contributed by atoms with Gasteiger partial charge in [-0.3, -0.25) is 4.79 Å². The molecule has 0 aliphatic rings. The van der Waals surface area contributed by atoms with E-state index in [0.717, 1.165) is 0 Å². The molecule has 16 heavy (non-hydrogen) atoms. The van der Waals surface area contributed by atoms with E-state index in [9.17, 15) is 15.0 Å². The number of nitrogens with zero attached hydrogens (tertiary/aromatic N) is 1. The normalized spacial score (nSPS) is 14.3. The van der Waals surface area contributed by atoms with Gasteiger partial charge in [0.25, 0.3) is 0 Å². The van der Waals surface area contributed by atoms with Crippen LogP contribution in [0.1, 0.15) is 33.6 Å². The quantitative estimate of drug-likeness (QED) is 0.638. The van der Waals surface area contributed by atoms with Crippen molar-refractivity contribution >= 4 is 5.91 Å². The lowest BCUT2D eigenvalue weighted by Gasteiger charge is -2.24. The number of aliphatic hydroxyl groups is 2. The van der Waals surface area contributed by atoms with Crippen LogP contribution < -0.4 is 0 Å². The molecule has 2 N–H and O–H groups in total. The maximum absolute atomic E-state index is 11.7. The average Bonchev–Trinajstić information content (AvgIpc) is 2.16. The molecule has 0 aromatic rings. The molecule has 0 saturated heterocycles. The number of hydrogen-bond donors (Lipinski definition) is 2. The minimum atomic E-state index is -0.424. The molecular weight excluding hydrogens is 206 g/mol. The molecule has 4 nitrogen and oxygen atoms in total. The second-order valence-corrected chi connectivity index (χ2v) is 4.35. The molecule has 0 aliphatic carbocycles. The maximum Gasteiger partial charge on any atom is 0.248 e. The Labute approximate surface area is 97.6 Å². The lowest BCUT2D eigenvalue weighted by Crippen LogP contribution is -2.35. The molecule has 0 heterocycles. The smallest absolute Gasteiger partial charge is 0.248 e. The molecule has 94 valence electrons. The first-order chi connectivity index (χ1) is 7.34. The predicted molar refractivity (Wildman–Crippen MR) is 64.0 cm³/mol. The third-order valence-corrected chi connectivity index (χ3v) is 2.29. The summed E-state index contributed by atoms with van der Waals surface area (Å²) >= 11 is 0. The van der Waals surface area contributed by atoms with Crippen LogP contribution in [0, 0.1) is 0 Å². The summed E-state index contributed by atoms with van der Waals surface area (Å²) in [7, 11) is 0. The summed E-state index contributed by atoms with van der Waals surface area (Å²) < 4.78 is 0. The van der Waals surface area contributed by atoms with Crippen LogP contribution >= 0.6 is 0 Å². The zero-order chi connectivity index (χ0) is 12.7. The highest BCUT2D eigenvalue weighted by Gasteiger charge is 2.15. The summed E-state index contributed by atoms with van der Waals surface area (Å²) in [6, 6.07) is 0. The van der Waals surface area contributed by atoms with Crippen molar-refractivity contribution < 1.29 is 15.0 Å². The first kappa shape index (κ1) is 15.1. The van der Waals surface area contributed by atoms with Crippen molar-refractivity contribution in [2.24, 2.45) is 0 Å². The van der Waals surface area contributed by atoms with Crippen LogP contribution in [0.15, 0.2) is 12.2 Å². The van der Waals surface area contributed by atoms with Gasteiger partial charge in [0.1, 0.15) is 0 Å². The van der Waals surface area contributed by atoms with Crippen LogP contribution in [0.3, 0.4) is 0 Å². The summed E-state index contributed by atoms with van der Waals surface area (Å²) in [6.07, 6.45) is 0.233. The van der Waals surface area contributed by atoms with Crippen LogP contribution in [0.5, 0.6) is 0 Å². The number of aliphatic hydroxyl groups excluding tert-OH is 2. The van der Waals surface area contributed by atoms with Crippen LogP contribution in [-0.2, 0) is 4.79 Å². The van der Waals surface area contributed by atoms with Gasteiger partial charge in [0.15, 0.2) is 0 Å². The molecule has 2 atom stereocenters. The van der Waals surface area contributed by atoms with Crippen LogP contribution in [0.25, 0.3) is 0 Å². The highest BCUT2D eigenvalue weighted by Crippen LogP contribution is 2.05. The number of amides is 1. The third kappa shape index (κ3) is 6.58. The molecule has 0 fully saturated rings. The van der Waals surface area contributed by atoms with E-state index < -0.39 is 12.2 Å². The zero-order valence-electron chi connectivity index (χ0n) is 10.4. The van der Waals surface area contributed by atoms with Crippen LogP contribution in [0.4, 0.5) is 0 Å². The Kier molecular flexibility index (Phi) is 7.01. The molecule has 0 aromatic carbocycles. The van der Waals surface area contributed by atoms with E-state index in [-0.39, 0.29) is 5.91 Å². The summed E-state index contributed by atoms with van der Waals surface area (Å²) in [6.45, 7) is 9.66. The van der Waals surface area contributed by atoms with Crippen molar-refractivity contribution in [3.63, 3.8) is 0 Å². The van der Waals surface area contributed by atoms with Gasteiger partial charge in [0.2, 0.25) is 5.91 Å². The summed E-state index contributed by atoms with van der Waals surface area (Å²) in [5, 5.41) is 18.4. The third-order valence-electron chi connectivity index (χ3n) is 2.29. The molecule has 0 saturated carbocycles. The van der Waals surface area contributed by atoms with E-state index in [0.29, 0.717) is 31.5 Å². The summed E-state index contributed by atoms with van der Waals surface area (Å²) in [4.78, 5) is 13.4. The average molecular weight is 229 g/mol. The van der Waals surface area contributed by atoms with Crippen LogP contribution in [-0.4, -0.2) is 46.3 Å². The fraction of sp³-hybridized carbons (Fsp3) is 0.750. The molecule has 0 radical (unpaired) electrons. The van der Waals surface area contributed by atoms with Gasteiger partial charge >= 0.3 is 0 Å². The number of carbonyl (C=O) groups is 1. The molecule has 0 aliphatic heterocycles. The molecular formula is C12H23NO3. The predicted octanol–water partition coefficient (Wildman–Crippen LogP) is 0.933. The van der Waals surface area contributed by atoms with E-state index >= 15 is 0 Å². The minimum absolute atomic E-state index is 0.110. The molecule has 4 heteroatoms. The topological polar surface area (TPSA) is 60.8 Å². The lowest BCUT2D eigenvalue weighted by atomic mass is 10.2. The molecule has 1 amide bonds. The Bertz CT molecular complexity index is 224. The van der Waals surface area contributed by atoms with E-state index in [1.165, 1.54) is 0 Å². The first-order valence-corrected chi connectivity index (χ1v) is 5.65. The van der Waals surface area contributed by atoms with Gasteiger partial charge in [0, 0.05) is 18.7 Å². The fourth-order valence-corrected chi connectivity index (χ4v) is 1.27. The number of carbonyl (C=O) groups excluding carboxylic acids is 1. The van der Waals surface area contributed by atoms with Crippen molar-refractivity contribution in [3.8, 4) is 0 Å². The Balaban J connectivity index is 4.26. The standard InChI is InChI=1S/C12H23NO3/c1-9(2)12(16)13(7-5-10(3)14)8-6-11(4)15/h10-11,14-15H,1,5-8H2,2-4H3. The second kappa shape index (κ2) is 7.41. The van der Waals surface area contributed by atoms with Gasteiger partial charge in [-0.05, 0) is 33.6 Å². The van der Waals surface area contributed by atoms with Crippen molar-refractivity contribution in [2.75, 3.05) is 13.1 Å². The van der Waals surface area contributed by atoms with Crippen molar-refractivity contribution in [3.05, 3.63) is 12.2 Å². The highest BCUT2D eigenvalue weighted by molar-refractivity contribution is 5.92. The van der Waals surface area contributed by atoms with Gasteiger partial charge in [-0.1, -0.05) is 6.58 Å². The molecule has 2 unspecified atom stereocenters. The minimum Gasteiger partial charge on any atom is -0.393 e. The monoisotopic (exact) mass is 229 g/mol. The summed E-state index contributed by atoms with van der Waals surface area (Å²) in [5.74, 6) is -0.110. The zero-order valence-corrected chi connectivity index (χ0v) is 10.4. The van der Waals surface area contributed by atoms with E-state index in [2.05, 4.69) is 6.58 Å². The van der Waals surface area contributed by atoms with Crippen molar-refractivity contribution in [1.29, 1.82) is 0 Å². The lowest BCUT2D eigenvalue weighted by molar-refractivity contribution is -0.127. The Hall–Kier alpha value is -0.870. The molecule has 0 bridgehead atoms. The molecule has 0 aromatic heterocycles. The summed E-state index contributed by atoms with van der Waals surface area (Å²) in [5.41, 5.74) is 0.483. The largest absolute Gasteiger partial charge is 0.393 e. The van der Waals surface area contributed by atoms with Gasteiger partial charge in [-0.25, -0.2) is 0 Å². The highest BCUT2D eigenvalue weighted by atomic mass is 16.3. The Morgan fingerprint density at radius 1 is 1.19 bits per heavy atom. The Morgan fingerprint density at radius 2 is 1.56 bits per heavy atom. The van der Waals surface area contributed by atoms with Gasteiger partial charge in [-0.2, -0.15) is 0 Å².